The van der Waals surface area contributed by atoms with Crippen LogP contribution in [0.1, 0.15) is 29.7 Å². The number of halogens is 1. The van der Waals surface area contributed by atoms with Gasteiger partial charge in [-0.1, -0.05) is 18.2 Å². The fourth-order valence-corrected chi connectivity index (χ4v) is 3.06. The number of nitrogens with zero attached hydrogens (tertiary/aromatic N) is 3. The average Bonchev–Trinajstić information content (AvgIpc) is 3.20. The molecule has 0 radical (unpaired) electrons. The van der Waals surface area contributed by atoms with Crippen molar-refractivity contribution >= 4 is 5.91 Å². The first-order chi connectivity index (χ1) is 12.1. The number of amides is 1. The Balaban J connectivity index is 1.61. The number of ether oxygens (including phenoxy) is 1. The standard InChI is InChI=1S/C17H22FN5O2/c1-11-20-17(22-21-11)15-7-13(25-2)9-23(15)10-16(24)19-8-12-5-3-4-6-14(12)18/h3-6,13,15H,7-10H2,1-2H3,(H,19,24)(H,20,21,22)/t13-,15+/m1/s1. The van der Waals surface area contributed by atoms with Gasteiger partial charge in [-0.15, -0.1) is 0 Å². The van der Waals surface area contributed by atoms with Crippen molar-refractivity contribution < 1.29 is 13.9 Å². The summed E-state index contributed by atoms with van der Waals surface area (Å²) < 4.78 is 19.1. The molecule has 1 aromatic carbocycles. The lowest BCUT2D eigenvalue weighted by Gasteiger charge is -2.21. The van der Waals surface area contributed by atoms with Crippen LogP contribution in [0.5, 0.6) is 0 Å². The lowest BCUT2D eigenvalue weighted by atomic mass is 10.2. The molecule has 0 bridgehead atoms. The lowest BCUT2D eigenvalue weighted by Crippen LogP contribution is -2.37. The fraction of sp³-hybridized carbons (Fsp3) is 0.471. The minimum absolute atomic E-state index is 0.0307. The molecule has 134 valence electrons. The summed E-state index contributed by atoms with van der Waals surface area (Å²) in [5.41, 5.74) is 0.466. The van der Waals surface area contributed by atoms with E-state index in [0.29, 0.717) is 17.9 Å². The van der Waals surface area contributed by atoms with Crippen molar-refractivity contribution in [1.29, 1.82) is 0 Å². The molecule has 1 aliphatic rings. The van der Waals surface area contributed by atoms with Gasteiger partial charge in [0.2, 0.25) is 5.91 Å². The smallest absolute Gasteiger partial charge is 0.234 e. The minimum atomic E-state index is -0.322. The molecule has 2 N–H and O–H groups in total. The SMILES string of the molecule is CO[C@@H]1C[C@@H](c2n[nH]c(C)n2)N(CC(=O)NCc2ccccc2F)C1. The summed E-state index contributed by atoms with van der Waals surface area (Å²) in [5, 5.41) is 9.82. The minimum Gasteiger partial charge on any atom is -0.380 e. The Labute approximate surface area is 145 Å². The van der Waals surface area contributed by atoms with Crippen LogP contribution in [0, 0.1) is 12.7 Å². The second-order valence-electron chi connectivity index (χ2n) is 6.19. The van der Waals surface area contributed by atoms with Gasteiger partial charge in [0.15, 0.2) is 5.82 Å². The second kappa shape index (κ2) is 7.71. The maximum absolute atomic E-state index is 13.6. The molecule has 2 atom stereocenters. The molecule has 1 saturated heterocycles. The third-order valence-corrected chi connectivity index (χ3v) is 4.39. The molecule has 0 aliphatic carbocycles. The molecule has 2 aromatic rings. The maximum atomic E-state index is 13.6. The molecule has 8 heteroatoms. The molecule has 7 nitrogen and oxygen atoms in total. The van der Waals surface area contributed by atoms with Crippen LogP contribution in [0.3, 0.4) is 0 Å². The third-order valence-electron chi connectivity index (χ3n) is 4.39. The predicted octanol–water partition coefficient (Wildman–Crippen LogP) is 1.33. The summed E-state index contributed by atoms with van der Waals surface area (Å²) in [6, 6.07) is 6.34. The van der Waals surface area contributed by atoms with Gasteiger partial charge < -0.3 is 10.1 Å². The van der Waals surface area contributed by atoms with Crippen LogP contribution < -0.4 is 5.32 Å². The Hall–Kier alpha value is -2.32. The first-order valence-corrected chi connectivity index (χ1v) is 8.22. The number of rotatable bonds is 6. The Morgan fingerprint density at radius 1 is 1.48 bits per heavy atom. The quantitative estimate of drug-likeness (QED) is 0.824. The highest BCUT2D eigenvalue weighted by molar-refractivity contribution is 5.78. The fourth-order valence-electron chi connectivity index (χ4n) is 3.06. The van der Waals surface area contributed by atoms with Crippen LogP contribution in [0.2, 0.25) is 0 Å². The molecule has 0 saturated carbocycles. The second-order valence-corrected chi connectivity index (χ2v) is 6.19. The van der Waals surface area contributed by atoms with Crippen LogP contribution in [0.4, 0.5) is 4.39 Å². The Morgan fingerprint density at radius 2 is 2.28 bits per heavy atom. The number of likely N-dealkylation sites (tertiary alicyclic amines) is 1. The van der Waals surface area contributed by atoms with E-state index in [0.717, 1.165) is 12.2 Å². The molecule has 25 heavy (non-hydrogen) atoms. The third kappa shape index (κ3) is 4.21. The Morgan fingerprint density at radius 3 is 2.96 bits per heavy atom. The molecule has 0 unspecified atom stereocenters. The zero-order chi connectivity index (χ0) is 17.8. The van der Waals surface area contributed by atoms with E-state index in [1.807, 2.05) is 11.8 Å². The van der Waals surface area contributed by atoms with Gasteiger partial charge in [0.25, 0.3) is 0 Å². The lowest BCUT2D eigenvalue weighted by molar-refractivity contribution is -0.122. The molecule has 1 aromatic heterocycles. The van der Waals surface area contributed by atoms with Crippen LogP contribution in [0.15, 0.2) is 24.3 Å². The first-order valence-electron chi connectivity index (χ1n) is 8.22. The number of methoxy groups -OCH3 is 1. The number of hydrogen-bond acceptors (Lipinski definition) is 5. The van der Waals surface area contributed by atoms with Crippen molar-refractivity contribution in [3.8, 4) is 0 Å². The van der Waals surface area contributed by atoms with Crippen LogP contribution in [0.25, 0.3) is 0 Å². The normalized spacial score (nSPS) is 20.8. The van der Waals surface area contributed by atoms with Gasteiger partial charge in [-0.25, -0.2) is 9.37 Å². The number of benzene rings is 1. The molecule has 1 amide bonds. The van der Waals surface area contributed by atoms with E-state index < -0.39 is 0 Å². The maximum Gasteiger partial charge on any atom is 0.234 e. The molecule has 1 fully saturated rings. The predicted molar refractivity (Wildman–Crippen MR) is 89.1 cm³/mol. The summed E-state index contributed by atoms with van der Waals surface area (Å²) in [6.07, 6.45) is 0.761. The van der Waals surface area contributed by atoms with Gasteiger partial charge in [-0.2, -0.15) is 5.10 Å². The van der Waals surface area contributed by atoms with E-state index in [4.69, 9.17) is 4.74 Å². The molecular weight excluding hydrogens is 325 g/mol. The number of aromatic nitrogens is 3. The number of hydrogen-bond donors (Lipinski definition) is 2. The van der Waals surface area contributed by atoms with Gasteiger partial charge in [0.1, 0.15) is 11.6 Å². The molecule has 1 aliphatic heterocycles. The van der Waals surface area contributed by atoms with Gasteiger partial charge in [0, 0.05) is 25.8 Å². The van der Waals surface area contributed by atoms with Crippen molar-refractivity contribution in [2.45, 2.75) is 32.0 Å². The monoisotopic (exact) mass is 347 g/mol. The summed E-state index contributed by atoms with van der Waals surface area (Å²) >= 11 is 0. The van der Waals surface area contributed by atoms with E-state index >= 15 is 0 Å². The van der Waals surface area contributed by atoms with Gasteiger partial charge in [0.05, 0.1) is 18.7 Å². The van der Waals surface area contributed by atoms with Gasteiger partial charge in [-0.05, 0) is 19.4 Å². The summed E-state index contributed by atoms with van der Waals surface area (Å²) in [4.78, 5) is 18.7. The molecule has 3 rings (SSSR count). The topological polar surface area (TPSA) is 83.1 Å². The van der Waals surface area contributed by atoms with Gasteiger partial charge >= 0.3 is 0 Å². The zero-order valence-electron chi connectivity index (χ0n) is 14.3. The largest absolute Gasteiger partial charge is 0.380 e. The van der Waals surface area contributed by atoms with E-state index in [2.05, 4.69) is 20.5 Å². The van der Waals surface area contributed by atoms with Gasteiger partial charge in [-0.3, -0.25) is 14.8 Å². The molecule has 2 heterocycles. The number of carbonyl (C=O) groups excluding carboxylic acids is 1. The van der Waals surface area contributed by atoms with Crippen molar-refractivity contribution in [1.82, 2.24) is 25.4 Å². The first kappa shape index (κ1) is 17.5. The summed E-state index contributed by atoms with van der Waals surface area (Å²) in [7, 11) is 1.66. The number of nitrogens with one attached hydrogen (secondary N) is 2. The van der Waals surface area contributed by atoms with Crippen molar-refractivity contribution in [3.05, 3.63) is 47.3 Å². The molecular formula is C17H22FN5O2. The highest BCUT2D eigenvalue weighted by Crippen LogP contribution is 2.30. The van der Waals surface area contributed by atoms with E-state index in [1.165, 1.54) is 6.07 Å². The van der Waals surface area contributed by atoms with Crippen molar-refractivity contribution in [3.63, 3.8) is 0 Å². The zero-order valence-corrected chi connectivity index (χ0v) is 14.3. The van der Waals surface area contributed by atoms with Crippen molar-refractivity contribution in [2.75, 3.05) is 20.2 Å². The number of carbonyl (C=O) groups is 1. The summed E-state index contributed by atoms with van der Waals surface area (Å²) in [6.45, 7) is 2.82. The highest BCUT2D eigenvalue weighted by atomic mass is 19.1. The van der Waals surface area contributed by atoms with E-state index in [-0.39, 0.29) is 37.0 Å². The van der Waals surface area contributed by atoms with E-state index in [1.54, 1.807) is 25.3 Å². The van der Waals surface area contributed by atoms with Crippen LogP contribution in [-0.2, 0) is 16.1 Å². The molecule has 0 spiro atoms. The summed E-state index contributed by atoms with van der Waals surface area (Å²) in [5.74, 6) is 0.911. The number of H-pyrrole nitrogens is 1. The van der Waals surface area contributed by atoms with Crippen LogP contribution in [-0.4, -0.2) is 52.3 Å². The average molecular weight is 347 g/mol. The number of aromatic amines is 1. The Bertz CT molecular complexity index is 735. The van der Waals surface area contributed by atoms with Crippen LogP contribution >= 0.6 is 0 Å². The Kier molecular flexibility index (Phi) is 5.40. The number of aryl methyl sites for hydroxylation is 1. The highest BCUT2D eigenvalue weighted by Gasteiger charge is 2.36. The van der Waals surface area contributed by atoms with Crippen molar-refractivity contribution in [2.24, 2.45) is 0 Å². The van der Waals surface area contributed by atoms with E-state index in [9.17, 15) is 9.18 Å².